The molecule has 1 saturated heterocycles. The number of rotatable bonds is 3. The fourth-order valence-electron chi connectivity index (χ4n) is 3.58. The summed E-state index contributed by atoms with van der Waals surface area (Å²) in [5.41, 5.74) is 3.43. The number of carbonyl (C=O) groups excluding carboxylic acids is 1. The molecule has 1 aliphatic heterocycles. The highest BCUT2D eigenvalue weighted by molar-refractivity contribution is 5.81. The van der Waals surface area contributed by atoms with E-state index in [1.54, 1.807) is 0 Å². The Morgan fingerprint density at radius 2 is 1.88 bits per heavy atom. The van der Waals surface area contributed by atoms with E-state index in [4.69, 9.17) is 0 Å². The predicted octanol–water partition coefficient (Wildman–Crippen LogP) is 3.30. The average molecular weight is 331 g/mol. The third kappa shape index (κ3) is 3.39. The Bertz CT molecular complexity index is 873. The zero-order chi connectivity index (χ0) is 17.1. The number of carbonyl (C=O) groups is 1. The van der Waals surface area contributed by atoms with E-state index in [0.29, 0.717) is 13.0 Å². The van der Waals surface area contributed by atoms with Gasteiger partial charge < -0.3 is 5.32 Å². The highest BCUT2D eigenvalue weighted by atomic mass is 16.1. The van der Waals surface area contributed by atoms with E-state index in [2.05, 4.69) is 51.6 Å². The van der Waals surface area contributed by atoms with Gasteiger partial charge in [-0.05, 0) is 17.2 Å². The van der Waals surface area contributed by atoms with Crippen LogP contribution in [0.5, 0.6) is 0 Å². The lowest BCUT2D eigenvalue weighted by Gasteiger charge is -2.29. The molecule has 0 saturated carbocycles. The summed E-state index contributed by atoms with van der Waals surface area (Å²) < 4.78 is 0. The Morgan fingerprint density at radius 1 is 1.04 bits per heavy atom. The number of fused-ring (bicyclic) bond motifs is 1. The molecule has 1 unspecified atom stereocenters. The minimum absolute atomic E-state index is 0.0858. The summed E-state index contributed by atoms with van der Waals surface area (Å²) in [6.45, 7) is 2.29. The zero-order valence-electron chi connectivity index (χ0n) is 14.1. The molecule has 0 radical (unpaired) electrons. The molecule has 1 atom stereocenters. The molecule has 2 heterocycles. The molecule has 1 aliphatic rings. The van der Waals surface area contributed by atoms with Crippen molar-refractivity contribution in [1.82, 2.24) is 15.2 Å². The molecule has 25 heavy (non-hydrogen) atoms. The molecule has 0 aliphatic carbocycles. The highest BCUT2D eigenvalue weighted by Gasteiger charge is 2.26. The van der Waals surface area contributed by atoms with Crippen LogP contribution in [0.1, 0.15) is 23.6 Å². The fourth-order valence-corrected chi connectivity index (χ4v) is 3.58. The van der Waals surface area contributed by atoms with E-state index < -0.39 is 0 Å². The summed E-state index contributed by atoms with van der Waals surface area (Å²) in [6.07, 6.45) is 2.33. The van der Waals surface area contributed by atoms with Crippen molar-refractivity contribution in [2.45, 2.75) is 19.0 Å². The Morgan fingerprint density at radius 3 is 2.76 bits per heavy atom. The number of nitrogens with zero attached hydrogens (tertiary/aromatic N) is 2. The average Bonchev–Trinajstić information content (AvgIpc) is 2.84. The van der Waals surface area contributed by atoms with E-state index in [0.717, 1.165) is 24.0 Å². The second-order valence-electron chi connectivity index (χ2n) is 6.44. The third-order valence-electron chi connectivity index (χ3n) is 4.81. The van der Waals surface area contributed by atoms with E-state index in [9.17, 15) is 4.79 Å². The van der Waals surface area contributed by atoms with Gasteiger partial charge >= 0.3 is 0 Å². The first-order valence-electron chi connectivity index (χ1n) is 8.69. The van der Waals surface area contributed by atoms with Crippen molar-refractivity contribution >= 4 is 16.8 Å². The van der Waals surface area contributed by atoms with Crippen molar-refractivity contribution in [3.05, 3.63) is 78.0 Å². The first-order valence-corrected chi connectivity index (χ1v) is 8.69. The molecule has 1 aromatic heterocycles. The van der Waals surface area contributed by atoms with Crippen LogP contribution in [0.2, 0.25) is 0 Å². The molecule has 0 spiro atoms. The van der Waals surface area contributed by atoms with Crippen LogP contribution in [-0.4, -0.2) is 28.9 Å². The summed E-state index contributed by atoms with van der Waals surface area (Å²) in [5, 5.41) is 4.15. The van der Waals surface area contributed by atoms with E-state index in [1.165, 1.54) is 11.1 Å². The second kappa shape index (κ2) is 7.03. The lowest BCUT2D eigenvalue weighted by molar-refractivity contribution is -0.121. The maximum atomic E-state index is 12.1. The molecule has 1 fully saturated rings. The minimum atomic E-state index is 0.0858. The monoisotopic (exact) mass is 331 g/mol. The fraction of sp³-hybridized carbons (Fsp3) is 0.238. The molecule has 1 amide bonds. The van der Waals surface area contributed by atoms with Crippen LogP contribution in [0.15, 0.2) is 66.9 Å². The van der Waals surface area contributed by atoms with Crippen molar-refractivity contribution in [1.29, 1.82) is 0 Å². The number of hydrogen-bond acceptors (Lipinski definition) is 3. The van der Waals surface area contributed by atoms with E-state index in [1.807, 2.05) is 30.5 Å². The Balaban J connectivity index is 1.69. The second-order valence-corrected chi connectivity index (χ2v) is 6.44. The first kappa shape index (κ1) is 15.8. The van der Waals surface area contributed by atoms with Crippen LogP contribution in [0, 0.1) is 0 Å². The van der Waals surface area contributed by atoms with Gasteiger partial charge in [-0.15, -0.1) is 0 Å². The van der Waals surface area contributed by atoms with Gasteiger partial charge in [-0.1, -0.05) is 54.6 Å². The van der Waals surface area contributed by atoms with Crippen LogP contribution < -0.4 is 5.32 Å². The summed E-state index contributed by atoms with van der Waals surface area (Å²) in [6, 6.07) is 20.8. The smallest absolute Gasteiger partial charge is 0.221 e. The molecule has 0 bridgehead atoms. The normalized spacial score (nSPS) is 18.7. The molecule has 3 aromatic rings. The molecule has 4 rings (SSSR count). The molecule has 4 heteroatoms. The van der Waals surface area contributed by atoms with Crippen LogP contribution in [0.4, 0.5) is 0 Å². The first-order chi connectivity index (χ1) is 12.3. The standard InChI is InChI=1S/C21H21N3O/c25-20-14-19(16-6-2-1-3-7-16)24(13-12-22-20)15-18-9-4-8-17-10-5-11-23-21(17)18/h1-11,19H,12-15H2,(H,22,25). The van der Waals surface area contributed by atoms with Crippen LogP contribution in [-0.2, 0) is 11.3 Å². The third-order valence-corrected chi connectivity index (χ3v) is 4.81. The molecule has 1 N–H and O–H groups in total. The largest absolute Gasteiger partial charge is 0.355 e. The van der Waals surface area contributed by atoms with Gasteiger partial charge in [-0.3, -0.25) is 14.7 Å². The van der Waals surface area contributed by atoms with Crippen molar-refractivity contribution < 1.29 is 4.79 Å². The minimum Gasteiger partial charge on any atom is -0.355 e. The molecule has 126 valence electrons. The maximum Gasteiger partial charge on any atom is 0.221 e. The van der Waals surface area contributed by atoms with E-state index >= 15 is 0 Å². The molecule has 4 nitrogen and oxygen atoms in total. The number of nitrogens with one attached hydrogen (secondary N) is 1. The number of pyridine rings is 1. The van der Waals surface area contributed by atoms with Gasteiger partial charge in [0.05, 0.1) is 5.52 Å². The Labute approximate surface area is 147 Å². The quantitative estimate of drug-likeness (QED) is 0.801. The summed E-state index contributed by atoms with van der Waals surface area (Å²) in [4.78, 5) is 19.1. The molecular weight excluding hydrogens is 310 g/mol. The predicted molar refractivity (Wildman–Crippen MR) is 99.0 cm³/mol. The van der Waals surface area contributed by atoms with Crippen molar-refractivity contribution in [2.75, 3.05) is 13.1 Å². The van der Waals surface area contributed by atoms with Gasteiger partial charge in [0.1, 0.15) is 0 Å². The lowest BCUT2D eigenvalue weighted by Crippen LogP contribution is -2.30. The van der Waals surface area contributed by atoms with Gasteiger partial charge in [-0.25, -0.2) is 0 Å². The van der Waals surface area contributed by atoms with Gasteiger partial charge in [0, 0.05) is 43.7 Å². The Kier molecular flexibility index (Phi) is 4.44. The van der Waals surface area contributed by atoms with Gasteiger partial charge in [0.15, 0.2) is 0 Å². The lowest BCUT2D eigenvalue weighted by atomic mass is 10.0. The number of amides is 1. The number of hydrogen-bond donors (Lipinski definition) is 1. The topological polar surface area (TPSA) is 45.2 Å². The molecule has 2 aromatic carbocycles. The maximum absolute atomic E-state index is 12.1. The van der Waals surface area contributed by atoms with Crippen molar-refractivity contribution in [2.24, 2.45) is 0 Å². The Hall–Kier alpha value is -2.72. The zero-order valence-corrected chi connectivity index (χ0v) is 14.1. The highest BCUT2D eigenvalue weighted by Crippen LogP contribution is 2.28. The number of benzene rings is 2. The van der Waals surface area contributed by atoms with Gasteiger partial charge in [0.2, 0.25) is 5.91 Å². The van der Waals surface area contributed by atoms with Crippen LogP contribution in [0.25, 0.3) is 10.9 Å². The number of aromatic nitrogens is 1. The van der Waals surface area contributed by atoms with Gasteiger partial charge in [-0.2, -0.15) is 0 Å². The SMILES string of the molecule is O=C1CC(c2ccccc2)N(Cc2cccc3cccnc23)CCN1. The van der Waals surface area contributed by atoms with Crippen molar-refractivity contribution in [3.63, 3.8) is 0 Å². The van der Waals surface area contributed by atoms with Crippen molar-refractivity contribution in [3.8, 4) is 0 Å². The summed E-state index contributed by atoms with van der Waals surface area (Å²) in [7, 11) is 0. The number of para-hydroxylation sites is 1. The van der Waals surface area contributed by atoms with E-state index in [-0.39, 0.29) is 11.9 Å². The van der Waals surface area contributed by atoms with Crippen LogP contribution in [0.3, 0.4) is 0 Å². The van der Waals surface area contributed by atoms with Crippen LogP contribution >= 0.6 is 0 Å². The molecular formula is C21H21N3O. The van der Waals surface area contributed by atoms with Gasteiger partial charge in [0.25, 0.3) is 0 Å². The summed E-state index contributed by atoms with van der Waals surface area (Å²) >= 11 is 0. The summed E-state index contributed by atoms with van der Waals surface area (Å²) in [5.74, 6) is 0.118.